The zero-order valence-electron chi connectivity index (χ0n) is 12.5. The van der Waals surface area contributed by atoms with Crippen LogP contribution in [0.4, 0.5) is 0 Å². The van der Waals surface area contributed by atoms with Crippen molar-refractivity contribution in [3.63, 3.8) is 0 Å². The maximum absolute atomic E-state index is 6.67. The predicted octanol–water partition coefficient (Wildman–Crippen LogP) is 3.55. The quantitative estimate of drug-likeness (QED) is 0.832. The highest BCUT2D eigenvalue weighted by Crippen LogP contribution is 2.33. The molecule has 106 valence electrons. The minimum Gasteiger partial charge on any atom is -0.326 e. The second kappa shape index (κ2) is 6.38. The Morgan fingerprint density at radius 2 is 1.39 bits per heavy atom. The van der Waals surface area contributed by atoms with Gasteiger partial charge >= 0.3 is 0 Å². The molecular formula is C16H32N2. The van der Waals surface area contributed by atoms with E-state index in [1.54, 1.807) is 0 Å². The number of rotatable bonds is 3. The highest BCUT2D eigenvalue weighted by molar-refractivity contribution is 4.96. The Hall–Kier alpha value is -0.0800. The summed E-state index contributed by atoms with van der Waals surface area (Å²) in [6.45, 7) is 7.29. The topological polar surface area (TPSA) is 29.3 Å². The zero-order chi connectivity index (χ0) is 13.0. The average molecular weight is 252 g/mol. The molecule has 18 heavy (non-hydrogen) atoms. The van der Waals surface area contributed by atoms with Crippen molar-refractivity contribution in [3.05, 3.63) is 0 Å². The summed E-state index contributed by atoms with van der Waals surface area (Å²) in [6, 6.07) is 0.357. The SMILES string of the molecule is CC(C)(C(N)C1CCCCC1)N1CCCCCC1. The first-order valence-electron chi connectivity index (χ1n) is 8.13. The van der Waals surface area contributed by atoms with Gasteiger partial charge in [0, 0.05) is 11.6 Å². The number of hydrogen-bond acceptors (Lipinski definition) is 2. The van der Waals surface area contributed by atoms with Crippen molar-refractivity contribution in [3.8, 4) is 0 Å². The summed E-state index contributed by atoms with van der Waals surface area (Å²) in [5, 5.41) is 0. The number of likely N-dealkylation sites (tertiary alicyclic amines) is 1. The van der Waals surface area contributed by atoms with Gasteiger partial charge in [-0.3, -0.25) is 4.90 Å². The Morgan fingerprint density at radius 1 is 0.889 bits per heavy atom. The fourth-order valence-electron chi connectivity index (χ4n) is 3.93. The van der Waals surface area contributed by atoms with Crippen LogP contribution in [0.15, 0.2) is 0 Å². The lowest BCUT2D eigenvalue weighted by molar-refractivity contribution is 0.0661. The van der Waals surface area contributed by atoms with Crippen molar-refractivity contribution in [2.24, 2.45) is 11.7 Å². The molecule has 2 nitrogen and oxygen atoms in total. The highest BCUT2D eigenvalue weighted by Gasteiger charge is 2.37. The standard InChI is InChI=1S/C16H32N2/c1-16(2,18-12-8-3-4-9-13-18)15(17)14-10-6-5-7-11-14/h14-15H,3-13,17H2,1-2H3. The molecule has 0 radical (unpaired) electrons. The van der Waals surface area contributed by atoms with Gasteiger partial charge in [-0.25, -0.2) is 0 Å². The van der Waals surface area contributed by atoms with Gasteiger partial charge in [0.15, 0.2) is 0 Å². The summed E-state index contributed by atoms with van der Waals surface area (Å²) >= 11 is 0. The van der Waals surface area contributed by atoms with Crippen LogP contribution in [0.1, 0.15) is 71.6 Å². The van der Waals surface area contributed by atoms with Crippen LogP contribution in [-0.2, 0) is 0 Å². The maximum atomic E-state index is 6.67. The fraction of sp³-hybridized carbons (Fsp3) is 1.00. The van der Waals surface area contributed by atoms with E-state index in [9.17, 15) is 0 Å². The summed E-state index contributed by atoms with van der Waals surface area (Å²) in [4.78, 5) is 2.68. The third-order valence-electron chi connectivity index (χ3n) is 5.39. The van der Waals surface area contributed by atoms with Gasteiger partial charge in [-0.1, -0.05) is 32.1 Å². The van der Waals surface area contributed by atoms with Gasteiger partial charge in [-0.15, -0.1) is 0 Å². The largest absolute Gasteiger partial charge is 0.326 e. The van der Waals surface area contributed by atoms with E-state index in [0.29, 0.717) is 6.04 Å². The van der Waals surface area contributed by atoms with Gasteiger partial charge in [0.05, 0.1) is 0 Å². The van der Waals surface area contributed by atoms with E-state index in [4.69, 9.17) is 5.73 Å². The molecule has 0 bridgehead atoms. The van der Waals surface area contributed by atoms with Crippen LogP contribution in [-0.4, -0.2) is 29.6 Å². The van der Waals surface area contributed by atoms with Gasteiger partial charge in [0.2, 0.25) is 0 Å². The summed E-state index contributed by atoms with van der Waals surface area (Å²) in [6.07, 6.45) is 12.5. The van der Waals surface area contributed by atoms with Crippen LogP contribution in [0.5, 0.6) is 0 Å². The van der Waals surface area contributed by atoms with Crippen molar-refractivity contribution in [1.82, 2.24) is 4.90 Å². The molecular weight excluding hydrogens is 220 g/mol. The molecule has 2 aliphatic rings. The third kappa shape index (κ3) is 3.27. The summed E-state index contributed by atoms with van der Waals surface area (Å²) in [5.41, 5.74) is 6.85. The molecule has 0 spiro atoms. The minimum atomic E-state index is 0.187. The van der Waals surface area contributed by atoms with E-state index < -0.39 is 0 Å². The predicted molar refractivity (Wildman–Crippen MR) is 78.7 cm³/mol. The van der Waals surface area contributed by atoms with Crippen LogP contribution in [0, 0.1) is 5.92 Å². The fourth-order valence-corrected chi connectivity index (χ4v) is 3.93. The van der Waals surface area contributed by atoms with E-state index in [-0.39, 0.29) is 5.54 Å². The minimum absolute atomic E-state index is 0.187. The van der Waals surface area contributed by atoms with E-state index in [0.717, 1.165) is 5.92 Å². The molecule has 2 rings (SSSR count). The van der Waals surface area contributed by atoms with Crippen LogP contribution in [0.2, 0.25) is 0 Å². The second-order valence-electron chi connectivity index (χ2n) is 6.98. The first kappa shape index (κ1) is 14.3. The molecule has 0 aromatic heterocycles. The number of nitrogens with two attached hydrogens (primary N) is 1. The van der Waals surface area contributed by atoms with Gasteiger partial charge in [0.1, 0.15) is 0 Å². The Kier molecular flexibility index (Phi) is 5.08. The first-order chi connectivity index (χ1) is 8.62. The van der Waals surface area contributed by atoms with E-state index in [1.807, 2.05) is 0 Å². The molecule has 1 heterocycles. The second-order valence-corrected chi connectivity index (χ2v) is 6.98. The number of nitrogens with zero attached hydrogens (tertiary/aromatic N) is 1. The molecule has 1 atom stereocenters. The normalized spacial score (nSPS) is 26.8. The first-order valence-corrected chi connectivity index (χ1v) is 8.13. The molecule has 0 aromatic carbocycles. The molecule has 1 saturated carbocycles. The number of hydrogen-bond donors (Lipinski definition) is 1. The summed E-state index contributed by atoms with van der Waals surface area (Å²) in [7, 11) is 0. The van der Waals surface area contributed by atoms with Gasteiger partial charge in [-0.2, -0.15) is 0 Å². The molecule has 1 unspecified atom stereocenters. The van der Waals surface area contributed by atoms with Gasteiger partial charge in [-0.05, 0) is 58.5 Å². The van der Waals surface area contributed by atoms with Crippen molar-refractivity contribution in [2.45, 2.75) is 83.2 Å². The molecule has 0 aromatic rings. The van der Waals surface area contributed by atoms with Crippen molar-refractivity contribution < 1.29 is 0 Å². The lowest BCUT2D eigenvalue weighted by Crippen LogP contribution is -2.59. The molecule has 2 fully saturated rings. The molecule has 2 N–H and O–H groups in total. The van der Waals surface area contributed by atoms with Gasteiger partial charge < -0.3 is 5.73 Å². The molecule has 2 heteroatoms. The Bertz CT molecular complexity index is 235. The smallest absolute Gasteiger partial charge is 0.0306 e. The van der Waals surface area contributed by atoms with E-state index in [2.05, 4.69) is 18.7 Å². The zero-order valence-corrected chi connectivity index (χ0v) is 12.5. The van der Waals surface area contributed by atoms with Crippen LogP contribution < -0.4 is 5.73 Å². The Labute approximate surface area is 113 Å². The van der Waals surface area contributed by atoms with Crippen molar-refractivity contribution in [2.75, 3.05) is 13.1 Å². The molecule has 1 aliphatic carbocycles. The lowest BCUT2D eigenvalue weighted by Gasteiger charge is -2.46. The average Bonchev–Trinajstić information content (AvgIpc) is 2.68. The molecule has 1 aliphatic heterocycles. The third-order valence-corrected chi connectivity index (χ3v) is 5.39. The van der Waals surface area contributed by atoms with E-state index >= 15 is 0 Å². The molecule has 1 saturated heterocycles. The lowest BCUT2D eigenvalue weighted by atomic mass is 9.76. The van der Waals surface area contributed by atoms with Crippen LogP contribution in [0.25, 0.3) is 0 Å². The summed E-state index contributed by atoms with van der Waals surface area (Å²) < 4.78 is 0. The van der Waals surface area contributed by atoms with E-state index in [1.165, 1.54) is 70.9 Å². The Morgan fingerprint density at radius 3 is 1.94 bits per heavy atom. The Balaban J connectivity index is 1.98. The van der Waals surface area contributed by atoms with Crippen LogP contribution >= 0.6 is 0 Å². The molecule has 0 amide bonds. The van der Waals surface area contributed by atoms with Crippen LogP contribution in [0.3, 0.4) is 0 Å². The highest BCUT2D eigenvalue weighted by atomic mass is 15.2. The maximum Gasteiger partial charge on any atom is 0.0306 e. The van der Waals surface area contributed by atoms with Crippen molar-refractivity contribution >= 4 is 0 Å². The van der Waals surface area contributed by atoms with Gasteiger partial charge in [0.25, 0.3) is 0 Å². The summed E-state index contributed by atoms with van der Waals surface area (Å²) in [5.74, 6) is 0.761. The van der Waals surface area contributed by atoms with Crippen molar-refractivity contribution in [1.29, 1.82) is 0 Å². The monoisotopic (exact) mass is 252 g/mol.